The minimum absolute atomic E-state index is 0. The highest BCUT2D eigenvalue weighted by Crippen LogP contribution is 2.49. The van der Waals surface area contributed by atoms with E-state index in [1.807, 2.05) is 43.3 Å². The van der Waals surface area contributed by atoms with Crippen molar-refractivity contribution in [1.82, 2.24) is 10.2 Å². The van der Waals surface area contributed by atoms with Gasteiger partial charge in [-0.25, -0.2) is 8.42 Å². The zero-order valence-electron chi connectivity index (χ0n) is 18.7. The van der Waals surface area contributed by atoms with Crippen LogP contribution in [0, 0.1) is 6.92 Å². The summed E-state index contributed by atoms with van der Waals surface area (Å²) in [5.74, 6) is 0.0229. The number of amides is 1. The number of hydrogen-bond acceptors (Lipinski definition) is 4. The Bertz CT molecular complexity index is 1050. The van der Waals surface area contributed by atoms with E-state index in [4.69, 9.17) is 0 Å². The molecule has 1 saturated carbocycles. The van der Waals surface area contributed by atoms with Crippen molar-refractivity contribution in [2.45, 2.75) is 44.1 Å². The molecule has 1 atom stereocenters. The fourth-order valence-electron chi connectivity index (χ4n) is 4.44. The lowest BCUT2D eigenvalue weighted by molar-refractivity contribution is -0.124. The van der Waals surface area contributed by atoms with Gasteiger partial charge >= 0.3 is 0 Å². The first-order valence-corrected chi connectivity index (χ1v) is 12.8. The molecular weight excluding hydrogens is 442 g/mol. The Morgan fingerprint density at radius 3 is 2.34 bits per heavy atom. The molecule has 2 N–H and O–H groups in total. The maximum Gasteiger partial charge on any atom is 0.231 e. The molecule has 32 heavy (non-hydrogen) atoms. The molecule has 2 aromatic rings. The standard InChI is InChI=1S/C24H31N3O3S.H2S/c1-18-10-11-20(16-21(18)26-31(2,29)30)24(12-13-24)23(28)25-22(17-27-14-6-7-15-27)19-8-4-3-5-9-19;/h3-5,8-11,16,22,26H,6-7,12-15,17H2,1-2H3,(H,25,28);1H2/t22-;/m1./s1. The predicted molar refractivity (Wildman–Crippen MR) is 134 cm³/mol. The predicted octanol–water partition coefficient (Wildman–Crippen LogP) is 3.46. The van der Waals surface area contributed by atoms with Gasteiger partial charge in [0.1, 0.15) is 0 Å². The monoisotopic (exact) mass is 475 g/mol. The van der Waals surface area contributed by atoms with E-state index in [0.29, 0.717) is 5.69 Å². The number of nitrogens with zero attached hydrogens (tertiary/aromatic N) is 1. The third-order valence-corrected chi connectivity index (χ3v) is 7.01. The van der Waals surface area contributed by atoms with E-state index in [-0.39, 0.29) is 25.4 Å². The van der Waals surface area contributed by atoms with Crippen molar-refractivity contribution in [3.63, 3.8) is 0 Å². The number of rotatable bonds is 8. The van der Waals surface area contributed by atoms with Crippen LogP contribution in [-0.2, 0) is 20.2 Å². The molecule has 2 fully saturated rings. The number of anilines is 1. The topological polar surface area (TPSA) is 78.5 Å². The summed E-state index contributed by atoms with van der Waals surface area (Å²) in [4.78, 5) is 15.9. The van der Waals surface area contributed by atoms with Crippen LogP contribution in [0.15, 0.2) is 48.5 Å². The highest BCUT2D eigenvalue weighted by atomic mass is 32.2. The molecule has 2 aliphatic rings. The molecule has 0 aromatic heterocycles. The van der Waals surface area contributed by atoms with Crippen LogP contribution in [0.4, 0.5) is 5.69 Å². The van der Waals surface area contributed by atoms with Gasteiger partial charge < -0.3 is 10.2 Å². The molecular formula is C24H33N3O3S2. The van der Waals surface area contributed by atoms with Crippen molar-refractivity contribution in [3.8, 4) is 0 Å². The lowest BCUT2D eigenvalue weighted by Gasteiger charge is -2.27. The van der Waals surface area contributed by atoms with Crippen molar-refractivity contribution >= 4 is 35.1 Å². The SMILES string of the molecule is Cc1ccc(C2(C(=O)N[C@H](CN3CCCC3)c3ccccc3)CC2)cc1NS(C)(=O)=O.S. The second-order valence-corrected chi connectivity index (χ2v) is 10.7. The number of sulfonamides is 1. The molecule has 1 saturated heterocycles. The van der Waals surface area contributed by atoms with Gasteiger partial charge in [-0.05, 0) is 68.5 Å². The number of carbonyl (C=O) groups excluding carboxylic acids is 1. The van der Waals surface area contributed by atoms with Gasteiger partial charge in [-0.2, -0.15) is 13.5 Å². The molecule has 2 aromatic carbocycles. The van der Waals surface area contributed by atoms with E-state index < -0.39 is 15.4 Å². The van der Waals surface area contributed by atoms with Crippen LogP contribution in [0.1, 0.15) is 48.4 Å². The van der Waals surface area contributed by atoms with Crippen LogP contribution in [0.3, 0.4) is 0 Å². The Morgan fingerprint density at radius 2 is 1.75 bits per heavy atom. The average molecular weight is 476 g/mol. The fraction of sp³-hybridized carbons (Fsp3) is 0.458. The van der Waals surface area contributed by atoms with E-state index in [9.17, 15) is 13.2 Å². The second kappa shape index (κ2) is 9.85. The summed E-state index contributed by atoms with van der Waals surface area (Å²) in [5.41, 5.74) is 2.77. The zero-order valence-corrected chi connectivity index (χ0v) is 20.5. The van der Waals surface area contributed by atoms with E-state index in [2.05, 4.69) is 27.1 Å². The Labute approximate surface area is 198 Å². The van der Waals surface area contributed by atoms with Crippen molar-refractivity contribution in [1.29, 1.82) is 0 Å². The fourth-order valence-corrected chi connectivity index (χ4v) is 5.06. The van der Waals surface area contributed by atoms with Crippen molar-refractivity contribution < 1.29 is 13.2 Å². The molecule has 174 valence electrons. The van der Waals surface area contributed by atoms with Gasteiger partial charge in [0.05, 0.1) is 23.4 Å². The molecule has 1 heterocycles. The lowest BCUT2D eigenvalue weighted by Crippen LogP contribution is -2.41. The van der Waals surface area contributed by atoms with Crippen LogP contribution in [0.5, 0.6) is 0 Å². The summed E-state index contributed by atoms with van der Waals surface area (Å²) < 4.78 is 26.0. The normalized spacial score (nSPS) is 18.4. The molecule has 0 radical (unpaired) electrons. The van der Waals surface area contributed by atoms with Crippen molar-refractivity contribution in [3.05, 3.63) is 65.2 Å². The third kappa shape index (κ3) is 5.66. The van der Waals surface area contributed by atoms with Crippen LogP contribution in [0.25, 0.3) is 0 Å². The maximum absolute atomic E-state index is 13.5. The smallest absolute Gasteiger partial charge is 0.231 e. The molecule has 1 aliphatic carbocycles. The molecule has 4 rings (SSSR count). The first kappa shape index (κ1) is 24.6. The first-order chi connectivity index (χ1) is 14.8. The zero-order chi connectivity index (χ0) is 22.1. The van der Waals surface area contributed by atoms with Crippen LogP contribution < -0.4 is 10.0 Å². The molecule has 0 spiro atoms. The van der Waals surface area contributed by atoms with Crippen molar-refractivity contribution in [2.75, 3.05) is 30.6 Å². The highest BCUT2D eigenvalue weighted by Gasteiger charge is 2.52. The number of nitrogens with one attached hydrogen (secondary N) is 2. The molecule has 8 heteroatoms. The van der Waals surface area contributed by atoms with E-state index in [0.717, 1.165) is 55.4 Å². The molecule has 6 nitrogen and oxygen atoms in total. The quantitative estimate of drug-likeness (QED) is 0.613. The highest BCUT2D eigenvalue weighted by molar-refractivity contribution is 7.92. The number of aryl methyl sites for hydroxylation is 1. The Balaban J connectivity index is 0.00000289. The van der Waals surface area contributed by atoms with E-state index in [1.54, 1.807) is 0 Å². The minimum atomic E-state index is -3.39. The Morgan fingerprint density at radius 1 is 1.09 bits per heavy atom. The van der Waals surface area contributed by atoms with Gasteiger partial charge in [-0.15, -0.1) is 0 Å². The average Bonchev–Trinajstić information content (AvgIpc) is 3.39. The summed E-state index contributed by atoms with van der Waals surface area (Å²) in [6.45, 7) is 4.81. The molecule has 1 aliphatic heterocycles. The summed E-state index contributed by atoms with van der Waals surface area (Å²) >= 11 is 0. The minimum Gasteiger partial charge on any atom is -0.347 e. The summed E-state index contributed by atoms with van der Waals surface area (Å²) in [6.07, 6.45) is 5.09. The molecule has 0 unspecified atom stereocenters. The molecule has 0 bridgehead atoms. The van der Waals surface area contributed by atoms with E-state index in [1.165, 1.54) is 12.8 Å². The van der Waals surface area contributed by atoms with Gasteiger partial charge in [-0.1, -0.05) is 42.5 Å². The second-order valence-electron chi connectivity index (χ2n) is 8.93. The first-order valence-electron chi connectivity index (χ1n) is 10.9. The van der Waals surface area contributed by atoms with Crippen LogP contribution in [0.2, 0.25) is 0 Å². The van der Waals surface area contributed by atoms with Crippen LogP contribution >= 0.6 is 13.5 Å². The van der Waals surface area contributed by atoms with Gasteiger partial charge in [0.25, 0.3) is 0 Å². The summed E-state index contributed by atoms with van der Waals surface area (Å²) in [6, 6.07) is 15.7. The van der Waals surface area contributed by atoms with Crippen LogP contribution in [-0.4, -0.2) is 45.1 Å². The largest absolute Gasteiger partial charge is 0.347 e. The van der Waals surface area contributed by atoms with Gasteiger partial charge in [0.2, 0.25) is 15.9 Å². The molecule has 1 amide bonds. The lowest BCUT2D eigenvalue weighted by atomic mass is 9.92. The third-order valence-electron chi connectivity index (χ3n) is 6.42. The maximum atomic E-state index is 13.5. The Hall–Kier alpha value is -2.03. The number of benzene rings is 2. The van der Waals surface area contributed by atoms with E-state index >= 15 is 0 Å². The number of likely N-dealkylation sites (tertiary alicyclic amines) is 1. The summed E-state index contributed by atoms with van der Waals surface area (Å²) in [5, 5.41) is 3.32. The van der Waals surface area contributed by atoms with Gasteiger partial charge in [0, 0.05) is 6.54 Å². The van der Waals surface area contributed by atoms with Gasteiger partial charge in [0.15, 0.2) is 0 Å². The summed E-state index contributed by atoms with van der Waals surface area (Å²) in [7, 11) is -3.39. The number of carbonyl (C=O) groups is 1. The Kier molecular flexibility index (Phi) is 7.57. The van der Waals surface area contributed by atoms with Gasteiger partial charge in [-0.3, -0.25) is 9.52 Å². The number of hydrogen-bond donors (Lipinski definition) is 2. The van der Waals surface area contributed by atoms with Crippen molar-refractivity contribution in [2.24, 2.45) is 0 Å².